The molecule has 3 N–H and O–H groups in total. The van der Waals surface area contributed by atoms with Crippen molar-refractivity contribution in [1.29, 1.82) is 0 Å². The fraction of sp³-hybridized carbons (Fsp3) is 0.370. The zero-order chi connectivity index (χ0) is 27.9. The zero-order valence-electron chi connectivity index (χ0n) is 21.2. The number of pyridine rings is 1. The van der Waals surface area contributed by atoms with Gasteiger partial charge in [-0.3, -0.25) is 19.4 Å². The lowest BCUT2D eigenvalue weighted by molar-refractivity contribution is -0.147. The first-order valence-corrected chi connectivity index (χ1v) is 13.2. The van der Waals surface area contributed by atoms with Crippen molar-refractivity contribution in [1.82, 2.24) is 25.5 Å². The first-order valence-electron chi connectivity index (χ1n) is 12.4. The van der Waals surface area contributed by atoms with Crippen LogP contribution in [0.4, 0.5) is 8.78 Å². The Morgan fingerprint density at radius 1 is 1.18 bits per heavy atom. The van der Waals surface area contributed by atoms with Crippen LogP contribution in [0.3, 0.4) is 0 Å². The Balaban J connectivity index is 1.36. The van der Waals surface area contributed by atoms with Gasteiger partial charge < -0.3 is 20.6 Å². The molecule has 0 radical (unpaired) electrons. The second kappa shape index (κ2) is 10.4. The van der Waals surface area contributed by atoms with Crippen LogP contribution < -0.4 is 10.6 Å². The lowest BCUT2D eigenvalue weighted by Crippen LogP contribution is -2.55. The van der Waals surface area contributed by atoms with E-state index in [1.165, 1.54) is 17.5 Å². The van der Waals surface area contributed by atoms with Gasteiger partial charge in [0.2, 0.25) is 5.91 Å². The van der Waals surface area contributed by atoms with Crippen LogP contribution in [0.5, 0.6) is 0 Å². The van der Waals surface area contributed by atoms with Crippen molar-refractivity contribution < 1.29 is 28.3 Å². The molecule has 12 heteroatoms. The molecule has 3 atom stereocenters. The van der Waals surface area contributed by atoms with Gasteiger partial charge in [0.05, 0.1) is 23.3 Å². The number of benzene rings is 1. The van der Waals surface area contributed by atoms with Crippen LogP contribution in [0.25, 0.3) is 0 Å². The van der Waals surface area contributed by atoms with E-state index in [9.17, 15) is 28.3 Å². The Bertz CT molecular complexity index is 1390. The maximum absolute atomic E-state index is 14.5. The van der Waals surface area contributed by atoms with E-state index in [1.54, 1.807) is 44.3 Å². The number of carbonyl (C=O) groups excluding carboxylic acids is 3. The second-order valence-corrected chi connectivity index (χ2v) is 11.0. The number of carbonyl (C=O) groups is 3. The molecule has 1 aromatic carbocycles. The molecule has 5 rings (SSSR count). The Labute approximate surface area is 227 Å². The molecule has 9 nitrogen and oxygen atoms in total. The highest BCUT2D eigenvalue weighted by Gasteiger charge is 2.53. The van der Waals surface area contributed by atoms with Crippen molar-refractivity contribution in [3.05, 3.63) is 81.1 Å². The number of thiazole rings is 1. The number of likely N-dealkylation sites (tertiary alicyclic amines) is 1. The molecular formula is C27H27F2N5O4S. The summed E-state index contributed by atoms with van der Waals surface area (Å²) in [5.41, 5.74) is 2.84. The number of aromatic nitrogens is 2. The number of hydrogen-bond acceptors (Lipinski definition) is 7. The summed E-state index contributed by atoms with van der Waals surface area (Å²) in [6, 6.07) is 8.01. The summed E-state index contributed by atoms with van der Waals surface area (Å²) in [7, 11) is 0. The standard InChI is InChI=1S/C27H27F2N5O4S/c1-14-23(39-15(2)32-14)25(37)33-21(20-17-7-3-4-8-18(17)20)22(35)26(38)34-13-27(28,29)10-19(34)24(36)31-12-16-6-5-9-30-11-16/h3-9,11,19-22,35H,10,12-13H2,1-2H3,(H,31,36)(H,33,37)/t19-,21-,22-/m0/s1. The Hall–Kier alpha value is -3.77. The Kier molecular flexibility index (Phi) is 7.17. The number of amides is 3. The number of aliphatic hydroxyl groups excluding tert-OH is 1. The predicted molar refractivity (Wildman–Crippen MR) is 138 cm³/mol. The third-order valence-electron chi connectivity index (χ3n) is 6.99. The van der Waals surface area contributed by atoms with Gasteiger partial charge in [0.25, 0.3) is 17.7 Å². The first kappa shape index (κ1) is 26.8. The highest BCUT2D eigenvalue weighted by molar-refractivity contribution is 7.13. The van der Waals surface area contributed by atoms with Gasteiger partial charge in [-0.1, -0.05) is 30.3 Å². The number of alkyl halides is 2. The van der Waals surface area contributed by atoms with Gasteiger partial charge in [0, 0.05) is 31.3 Å². The van der Waals surface area contributed by atoms with E-state index < -0.39 is 60.7 Å². The Morgan fingerprint density at radius 2 is 1.90 bits per heavy atom. The van der Waals surface area contributed by atoms with Crippen molar-refractivity contribution >= 4 is 29.1 Å². The maximum Gasteiger partial charge on any atom is 0.267 e. The molecular weight excluding hydrogens is 528 g/mol. The molecule has 3 heterocycles. The van der Waals surface area contributed by atoms with Crippen molar-refractivity contribution in [2.45, 2.75) is 56.8 Å². The molecule has 2 aliphatic rings. The van der Waals surface area contributed by atoms with E-state index >= 15 is 0 Å². The van der Waals surface area contributed by atoms with Gasteiger partial charge in [0.15, 0.2) is 6.10 Å². The van der Waals surface area contributed by atoms with Crippen LogP contribution in [-0.2, 0) is 16.1 Å². The average Bonchev–Trinajstić information content (AvgIpc) is 3.39. The summed E-state index contributed by atoms with van der Waals surface area (Å²) in [5.74, 6) is -6.12. The normalized spacial score (nSPS) is 19.2. The largest absolute Gasteiger partial charge is 0.381 e. The number of aryl methyl sites for hydroxylation is 2. The minimum absolute atomic E-state index is 0.0447. The molecule has 0 unspecified atom stereocenters. The average molecular weight is 556 g/mol. The van der Waals surface area contributed by atoms with Gasteiger partial charge in [-0.05, 0) is 36.6 Å². The van der Waals surface area contributed by atoms with E-state index in [-0.39, 0.29) is 6.54 Å². The lowest BCUT2D eigenvalue weighted by atomic mass is 10.0. The fourth-order valence-corrected chi connectivity index (χ4v) is 5.92. The van der Waals surface area contributed by atoms with Crippen molar-refractivity contribution in [3.8, 4) is 0 Å². The zero-order valence-corrected chi connectivity index (χ0v) is 22.0. The number of fused-ring (bicyclic) bond motifs is 1. The van der Waals surface area contributed by atoms with Crippen molar-refractivity contribution in [3.63, 3.8) is 0 Å². The first-order chi connectivity index (χ1) is 18.6. The molecule has 39 heavy (non-hydrogen) atoms. The van der Waals surface area contributed by atoms with E-state index in [0.29, 0.717) is 21.1 Å². The summed E-state index contributed by atoms with van der Waals surface area (Å²) < 4.78 is 29.0. The van der Waals surface area contributed by atoms with Crippen molar-refractivity contribution in [2.24, 2.45) is 0 Å². The van der Waals surface area contributed by atoms with Crippen LogP contribution in [0, 0.1) is 13.8 Å². The predicted octanol–water partition coefficient (Wildman–Crippen LogP) is 2.31. The maximum atomic E-state index is 14.5. The van der Waals surface area contributed by atoms with Crippen LogP contribution >= 0.6 is 11.3 Å². The summed E-state index contributed by atoms with van der Waals surface area (Å²) >= 11 is 1.18. The smallest absolute Gasteiger partial charge is 0.267 e. The minimum atomic E-state index is -3.32. The summed E-state index contributed by atoms with van der Waals surface area (Å²) in [5, 5.41) is 17.3. The van der Waals surface area contributed by atoms with E-state index in [1.807, 2.05) is 12.1 Å². The van der Waals surface area contributed by atoms with Crippen LogP contribution in [-0.4, -0.2) is 68.4 Å². The molecule has 1 aliphatic carbocycles. The number of nitrogens with one attached hydrogen (secondary N) is 2. The van der Waals surface area contributed by atoms with Gasteiger partial charge >= 0.3 is 0 Å². The summed E-state index contributed by atoms with van der Waals surface area (Å²) in [6.45, 7) is 2.47. The highest BCUT2D eigenvalue weighted by atomic mass is 32.1. The van der Waals surface area contributed by atoms with Crippen molar-refractivity contribution in [2.75, 3.05) is 6.54 Å². The topological polar surface area (TPSA) is 125 Å². The number of halogens is 2. The quantitative estimate of drug-likeness (QED) is 0.392. The van der Waals surface area contributed by atoms with Crippen LogP contribution in [0.2, 0.25) is 0 Å². The molecule has 1 aliphatic heterocycles. The fourth-order valence-electron chi connectivity index (χ4n) is 5.10. The van der Waals surface area contributed by atoms with E-state index in [4.69, 9.17) is 0 Å². The second-order valence-electron chi connectivity index (χ2n) is 9.82. The number of nitrogens with zero attached hydrogens (tertiary/aromatic N) is 3. The molecule has 0 bridgehead atoms. The summed E-state index contributed by atoms with van der Waals surface area (Å²) in [6.07, 6.45) is 0.353. The highest BCUT2D eigenvalue weighted by Crippen LogP contribution is 2.47. The van der Waals surface area contributed by atoms with E-state index in [0.717, 1.165) is 16.0 Å². The van der Waals surface area contributed by atoms with Crippen LogP contribution in [0.1, 0.15) is 49.4 Å². The third kappa shape index (κ3) is 5.52. The molecule has 204 valence electrons. The molecule has 0 spiro atoms. The molecule has 1 saturated heterocycles. The van der Waals surface area contributed by atoms with E-state index in [2.05, 4.69) is 20.6 Å². The molecule has 2 aromatic heterocycles. The van der Waals surface area contributed by atoms with Crippen LogP contribution in [0.15, 0.2) is 48.8 Å². The Morgan fingerprint density at radius 3 is 2.51 bits per heavy atom. The molecule has 3 aromatic rings. The van der Waals surface area contributed by atoms with Gasteiger partial charge in [-0.2, -0.15) is 0 Å². The third-order valence-corrected chi connectivity index (χ3v) is 8.06. The number of hydrogen-bond donors (Lipinski definition) is 3. The molecule has 3 amide bonds. The monoisotopic (exact) mass is 555 g/mol. The summed E-state index contributed by atoms with van der Waals surface area (Å²) in [4.78, 5) is 48.9. The SMILES string of the molecule is Cc1nc(C)c(C(=O)N[C@@H](C2c3ccccc32)[C@H](O)C(=O)N2CC(F)(F)C[C@H]2C(=O)NCc2cccnc2)s1. The molecule has 1 fully saturated rings. The van der Waals surface area contributed by atoms with Gasteiger partial charge in [0.1, 0.15) is 10.9 Å². The van der Waals surface area contributed by atoms with Gasteiger partial charge in [-0.15, -0.1) is 11.3 Å². The van der Waals surface area contributed by atoms with Gasteiger partial charge in [-0.25, -0.2) is 13.8 Å². The molecule has 0 saturated carbocycles. The number of aliphatic hydroxyl groups is 1. The lowest BCUT2D eigenvalue weighted by Gasteiger charge is -2.30. The number of rotatable bonds is 8. The minimum Gasteiger partial charge on any atom is -0.381 e.